The van der Waals surface area contributed by atoms with Crippen LogP contribution in [-0.4, -0.2) is 11.7 Å². The molecule has 0 heterocycles. The van der Waals surface area contributed by atoms with Crippen molar-refractivity contribution in [1.29, 1.82) is 0 Å². The molecular weight excluding hydrogens is 280 g/mol. The van der Waals surface area contributed by atoms with Crippen molar-refractivity contribution >= 4 is 0 Å². The van der Waals surface area contributed by atoms with Gasteiger partial charge in [-0.3, -0.25) is 0 Å². The van der Waals surface area contributed by atoms with E-state index in [9.17, 15) is 0 Å². The fourth-order valence-corrected chi connectivity index (χ4v) is 3.07. The zero-order valence-electron chi connectivity index (χ0n) is 16.0. The summed E-state index contributed by atoms with van der Waals surface area (Å²) in [4.78, 5) is 0. The van der Waals surface area contributed by atoms with Gasteiger partial charge < -0.3 is 5.11 Å². The van der Waals surface area contributed by atoms with Gasteiger partial charge in [-0.2, -0.15) is 0 Å². The van der Waals surface area contributed by atoms with Crippen LogP contribution in [-0.2, 0) is 0 Å². The number of unbranched alkanes of at least 4 members (excludes halogenated alkanes) is 16. The molecule has 0 aliphatic rings. The van der Waals surface area contributed by atoms with Gasteiger partial charge in [-0.05, 0) is 32.1 Å². The number of rotatable bonds is 19. The first-order valence-corrected chi connectivity index (χ1v) is 10.7. The Morgan fingerprint density at radius 2 is 0.826 bits per heavy atom. The predicted molar refractivity (Wildman–Crippen MR) is 105 cm³/mol. The van der Waals surface area contributed by atoms with Crippen molar-refractivity contribution < 1.29 is 5.11 Å². The summed E-state index contributed by atoms with van der Waals surface area (Å²) in [5.74, 6) is 0. The van der Waals surface area contributed by atoms with Crippen LogP contribution in [0.1, 0.15) is 122 Å². The summed E-state index contributed by atoms with van der Waals surface area (Å²) < 4.78 is 0. The second-order valence-electron chi connectivity index (χ2n) is 7.08. The van der Waals surface area contributed by atoms with Gasteiger partial charge in [0.2, 0.25) is 0 Å². The van der Waals surface area contributed by atoms with Crippen LogP contribution in [0.2, 0.25) is 0 Å². The molecule has 1 nitrogen and oxygen atoms in total. The number of aliphatic hydroxyl groups is 1. The Morgan fingerprint density at radius 1 is 0.478 bits per heavy atom. The minimum absolute atomic E-state index is 0.366. The van der Waals surface area contributed by atoms with Crippen molar-refractivity contribution in [1.82, 2.24) is 0 Å². The van der Waals surface area contributed by atoms with E-state index in [0.717, 1.165) is 6.42 Å². The summed E-state index contributed by atoms with van der Waals surface area (Å²) >= 11 is 0. The lowest BCUT2D eigenvalue weighted by Crippen LogP contribution is -1.84. The van der Waals surface area contributed by atoms with Crippen LogP contribution >= 0.6 is 0 Å². The molecule has 0 fully saturated rings. The molecular formula is C22H44O. The molecule has 0 atom stereocenters. The normalized spacial score (nSPS) is 11.6. The molecule has 0 aromatic rings. The summed E-state index contributed by atoms with van der Waals surface area (Å²) in [6, 6.07) is 0. The van der Waals surface area contributed by atoms with Crippen molar-refractivity contribution in [3.8, 4) is 0 Å². The molecule has 138 valence electrons. The first-order chi connectivity index (χ1) is 11.4. The number of allylic oxidation sites excluding steroid dienone is 2. The van der Waals surface area contributed by atoms with Crippen molar-refractivity contribution in [2.24, 2.45) is 0 Å². The van der Waals surface area contributed by atoms with E-state index in [1.165, 1.54) is 109 Å². The molecule has 0 rings (SSSR count). The highest BCUT2D eigenvalue weighted by Gasteiger charge is 1.92. The van der Waals surface area contributed by atoms with Gasteiger partial charge in [-0.25, -0.2) is 0 Å². The molecule has 0 saturated heterocycles. The maximum Gasteiger partial charge on any atom is 0.0431 e. The molecule has 0 spiro atoms. The Labute approximate surface area is 147 Å². The second-order valence-corrected chi connectivity index (χ2v) is 7.08. The number of aliphatic hydroxyl groups excluding tert-OH is 1. The topological polar surface area (TPSA) is 20.2 Å². The highest BCUT2D eigenvalue weighted by Crippen LogP contribution is 2.11. The summed E-state index contributed by atoms with van der Waals surface area (Å²) in [6.07, 6.45) is 29.1. The third-order valence-electron chi connectivity index (χ3n) is 4.67. The van der Waals surface area contributed by atoms with E-state index in [4.69, 9.17) is 5.11 Å². The SMILES string of the molecule is CCCCCCCCCC/C=C/CCCCCCCCCCO. The van der Waals surface area contributed by atoms with Crippen molar-refractivity contribution in [2.75, 3.05) is 6.61 Å². The zero-order chi connectivity index (χ0) is 16.8. The molecule has 0 aliphatic heterocycles. The number of hydrogen-bond acceptors (Lipinski definition) is 1. The zero-order valence-corrected chi connectivity index (χ0v) is 16.0. The summed E-state index contributed by atoms with van der Waals surface area (Å²) in [7, 11) is 0. The molecule has 0 saturated carbocycles. The van der Waals surface area contributed by atoms with Gasteiger partial charge in [-0.15, -0.1) is 0 Å². The largest absolute Gasteiger partial charge is 0.396 e. The average molecular weight is 325 g/mol. The van der Waals surface area contributed by atoms with Gasteiger partial charge in [0.25, 0.3) is 0 Å². The van der Waals surface area contributed by atoms with Crippen LogP contribution in [0.25, 0.3) is 0 Å². The monoisotopic (exact) mass is 324 g/mol. The highest BCUT2D eigenvalue weighted by molar-refractivity contribution is 4.81. The smallest absolute Gasteiger partial charge is 0.0431 e. The summed E-state index contributed by atoms with van der Waals surface area (Å²) in [5, 5.41) is 8.70. The van der Waals surface area contributed by atoms with Gasteiger partial charge >= 0.3 is 0 Å². The fraction of sp³-hybridized carbons (Fsp3) is 0.909. The third kappa shape index (κ3) is 21.7. The van der Waals surface area contributed by atoms with Gasteiger partial charge in [0.1, 0.15) is 0 Å². The molecule has 23 heavy (non-hydrogen) atoms. The maximum absolute atomic E-state index is 8.70. The van der Waals surface area contributed by atoms with Gasteiger partial charge in [-0.1, -0.05) is 103 Å². The van der Waals surface area contributed by atoms with Crippen LogP contribution in [0.3, 0.4) is 0 Å². The average Bonchev–Trinajstić information content (AvgIpc) is 2.57. The molecule has 1 heteroatoms. The van der Waals surface area contributed by atoms with E-state index < -0.39 is 0 Å². The van der Waals surface area contributed by atoms with E-state index in [-0.39, 0.29) is 0 Å². The highest BCUT2D eigenvalue weighted by atomic mass is 16.2. The Bertz CT molecular complexity index is 222. The van der Waals surface area contributed by atoms with E-state index in [1.54, 1.807) is 0 Å². The van der Waals surface area contributed by atoms with Gasteiger partial charge in [0, 0.05) is 6.61 Å². The van der Waals surface area contributed by atoms with E-state index in [2.05, 4.69) is 19.1 Å². The van der Waals surface area contributed by atoms with Gasteiger partial charge in [0.05, 0.1) is 0 Å². The van der Waals surface area contributed by atoms with Crippen molar-refractivity contribution in [3.63, 3.8) is 0 Å². The third-order valence-corrected chi connectivity index (χ3v) is 4.67. The first kappa shape index (κ1) is 22.7. The molecule has 1 N–H and O–H groups in total. The quantitative estimate of drug-likeness (QED) is 0.192. The minimum atomic E-state index is 0.366. The Balaban J connectivity index is 3.03. The molecule has 0 aromatic heterocycles. The summed E-state index contributed by atoms with van der Waals surface area (Å²) in [5.41, 5.74) is 0. The van der Waals surface area contributed by atoms with Crippen LogP contribution < -0.4 is 0 Å². The molecule has 0 aromatic carbocycles. The Hall–Kier alpha value is -0.300. The minimum Gasteiger partial charge on any atom is -0.396 e. The van der Waals surface area contributed by atoms with Gasteiger partial charge in [0.15, 0.2) is 0 Å². The van der Waals surface area contributed by atoms with Crippen LogP contribution in [0.4, 0.5) is 0 Å². The molecule has 0 aliphatic carbocycles. The van der Waals surface area contributed by atoms with Crippen LogP contribution in [0, 0.1) is 0 Å². The lowest BCUT2D eigenvalue weighted by atomic mass is 10.1. The maximum atomic E-state index is 8.70. The van der Waals surface area contributed by atoms with E-state index in [1.807, 2.05) is 0 Å². The first-order valence-electron chi connectivity index (χ1n) is 10.7. The lowest BCUT2D eigenvalue weighted by Gasteiger charge is -2.01. The standard InChI is InChI=1S/C22H44O/c1-2-3-4-5-6-7-8-9-10-11-12-13-14-15-16-17-18-19-20-21-22-23/h11-12,23H,2-10,13-22H2,1H3/b12-11+. The molecule has 0 unspecified atom stereocenters. The van der Waals surface area contributed by atoms with E-state index >= 15 is 0 Å². The molecule has 0 radical (unpaired) electrons. The molecule has 0 amide bonds. The fourth-order valence-electron chi connectivity index (χ4n) is 3.07. The second kappa shape index (κ2) is 21.7. The van der Waals surface area contributed by atoms with Crippen LogP contribution in [0.15, 0.2) is 12.2 Å². The van der Waals surface area contributed by atoms with Crippen molar-refractivity contribution in [3.05, 3.63) is 12.2 Å². The van der Waals surface area contributed by atoms with E-state index in [0.29, 0.717) is 6.61 Å². The predicted octanol–water partition coefficient (Wildman–Crippen LogP) is 7.58. The summed E-state index contributed by atoms with van der Waals surface area (Å²) in [6.45, 7) is 2.65. The van der Waals surface area contributed by atoms with Crippen LogP contribution in [0.5, 0.6) is 0 Å². The Kier molecular flexibility index (Phi) is 21.4. The van der Waals surface area contributed by atoms with Crippen molar-refractivity contribution in [2.45, 2.75) is 122 Å². The lowest BCUT2D eigenvalue weighted by molar-refractivity contribution is 0.282. The Morgan fingerprint density at radius 3 is 1.22 bits per heavy atom. The molecule has 0 bridgehead atoms. The number of hydrogen-bond donors (Lipinski definition) is 1.